The molecule has 1 aliphatic heterocycles. The summed E-state index contributed by atoms with van der Waals surface area (Å²) in [6, 6.07) is 13.2. The first-order chi connectivity index (χ1) is 15.0. The van der Waals surface area contributed by atoms with Gasteiger partial charge < -0.3 is 10.2 Å². The molecule has 7 heteroatoms. The summed E-state index contributed by atoms with van der Waals surface area (Å²) < 4.78 is 1.55. The number of amides is 2. The zero-order chi connectivity index (χ0) is 21.8. The monoisotopic (exact) mass is 418 g/mol. The van der Waals surface area contributed by atoms with Gasteiger partial charge in [-0.2, -0.15) is 0 Å². The Hall–Kier alpha value is -3.48. The largest absolute Gasteiger partial charge is 0.352 e. The zero-order valence-corrected chi connectivity index (χ0v) is 17.6. The van der Waals surface area contributed by atoms with Crippen molar-refractivity contribution in [3.8, 4) is 0 Å². The molecule has 0 radical (unpaired) electrons. The van der Waals surface area contributed by atoms with Crippen LogP contribution in [0.25, 0.3) is 11.0 Å². The zero-order valence-electron chi connectivity index (χ0n) is 17.6. The van der Waals surface area contributed by atoms with Crippen LogP contribution in [0.1, 0.15) is 40.7 Å². The maximum atomic E-state index is 13.2. The number of hydrogen-bond donors (Lipinski definition) is 1. The van der Waals surface area contributed by atoms with E-state index in [2.05, 4.69) is 10.3 Å². The van der Waals surface area contributed by atoms with Crippen LogP contribution in [0.5, 0.6) is 0 Å². The van der Waals surface area contributed by atoms with Crippen LogP contribution in [0.2, 0.25) is 0 Å². The Morgan fingerprint density at radius 1 is 1.16 bits per heavy atom. The number of nitrogens with one attached hydrogen (secondary N) is 1. The fourth-order valence-electron chi connectivity index (χ4n) is 3.90. The molecular formula is C24H26N4O3. The van der Waals surface area contributed by atoms with E-state index in [0.717, 1.165) is 29.5 Å². The number of fused-ring (bicyclic) bond motifs is 1. The fraction of sp³-hybridized carbons (Fsp3) is 0.333. The van der Waals surface area contributed by atoms with Crippen LogP contribution >= 0.6 is 0 Å². The number of hydrogen-bond acceptors (Lipinski definition) is 4. The van der Waals surface area contributed by atoms with Crippen LogP contribution in [0.4, 0.5) is 0 Å². The molecule has 31 heavy (non-hydrogen) atoms. The van der Waals surface area contributed by atoms with E-state index in [1.807, 2.05) is 42.2 Å². The summed E-state index contributed by atoms with van der Waals surface area (Å²) in [7, 11) is 0. The molecule has 1 fully saturated rings. The lowest BCUT2D eigenvalue weighted by Crippen LogP contribution is -2.35. The molecule has 0 spiro atoms. The van der Waals surface area contributed by atoms with E-state index in [9.17, 15) is 14.4 Å². The molecule has 160 valence electrons. The minimum atomic E-state index is -0.402. The third-order valence-electron chi connectivity index (χ3n) is 5.62. The Bertz CT molecular complexity index is 1170. The van der Waals surface area contributed by atoms with Gasteiger partial charge in [-0.1, -0.05) is 29.8 Å². The SMILES string of the molecule is Cc1ccc(Cn2c(=O)c(C(=O)NCCCN3CCCC3=O)cc3cccnc32)cc1. The van der Waals surface area contributed by atoms with Gasteiger partial charge in [-0.25, -0.2) is 4.98 Å². The normalized spacial score (nSPS) is 13.7. The van der Waals surface area contributed by atoms with E-state index in [1.54, 1.807) is 22.9 Å². The second-order valence-corrected chi connectivity index (χ2v) is 7.94. The van der Waals surface area contributed by atoms with Gasteiger partial charge in [0.05, 0.1) is 6.54 Å². The van der Waals surface area contributed by atoms with Crippen molar-refractivity contribution in [2.45, 2.75) is 32.7 Å². The Labute approximate surface area is 180 Å². The van der Waals surface area contributed by atoms with E-state index >= 15 is 0 Å². The highest BCUT2D eigenvalue weighted by Crippen LogP contribution is 2.14. The first kappa shape index (κ1) is 20.8. The Morgan fingerprint density at radius 2 is 1.97 bits per heavy atom. The maximum Gasteiger partial charge on any atom is 0.265 e. The van der Waals surface area contributed by atoms with Crippen LogP contribution in [0, 0.1) is 6.92 Å². The van der Waals surface area contributed by atoms with Crippen LogP contribution in [0.3, 0.4) is 0 Å². The fourth-order valence-corrected chi connectivity index (χ4v) is 3.90. The van der Waals surface area contributed by atoms with Gasteiger partial charge >= 0.3 is 0 Å². The molecule has 0 aliphatic carbocycles. The molecule has 1 aliphatic rings. The first-order valence-corrected chi connectivity index (χ1v) is 10.6. The van der Waals surface area contributed by atoms with Crippen LogP contribution < -0.4 is 10.9 Å². The number of carbonyl (C=O) groups excluding carboxylic acids is 2. The summed E-state index contributed by atoms with van der Waals surface area (Å²) in [5.74, 6) is -0.228. The predicted octanol–water partition coefficient (Wildman–Crippen LogP) is 2.50. The number of nitrogens with zero attached hydrogens (tertiary/aromatic N) is 3. The molecule has 3 aromatic rings. The van der Waals surface area contributed by atoms with Gasteiger partial charge in [-0.3, -0.25) is 19.0 Å². The number of aryl methyl sites for hydroxylation is 1. The number of aromatic nitrogens is 2. The van der Waals surface area contributed by atoms with E-state index in [-0.39, 0.29) is 17.0 Å². The molecule has 1 aromatic carbocycles. The Balaban J connectivity index is 1.53. The van der Waals surface area contributed by atoms with E-state index < -0.39 is 5.91 Å². The summed E-state index contributed by atoms with van der Waals surface area (Å²) in [6.07, 6.45) is 3.81. The minimum absolute atomic E-state index is 0.102. The van der Waals surface area contributed by atoms with Crippen molar-refractivity contribution in [3.63, 3.8) is 0 Å². The number of pyridine rings is 2. The van der Waals surface area contributed by atoms with Gasteiger partial charge in [0.2, 0.25) is 5.91 Å². The highest BCUT2D eigenvalue weighted by molar-refractivity contribution is 5.96. The smallest absolute Gasteiger partial charge is 0.265 e. The highest BCUT2D eigenvalue weighted by Gasteiger charge is 2.20. The van der Waals surface area contributed by atoms with Gasteiger partial charge in [-0.05, 0) is 43.5 Å². The van der Waals surface area contributed by atoms with Crippen molar-refractivity contribution >= 4 is 22.8 Å². The Kier molecular flexibility index (Phi) is 6.11. The van der Waals surface area contributed by atoms with Gasteiger partial charge in [0.1, 0.15) is 11.2 Å². The van der Waals surface area contributed by atoms with Gasteiger partial charge in [-0.15, -0.1) is 0 Å². The highest BCUT2D eigenvalue weighted by atomic mass is 16.2. The van der Waals surface area contributed by atoms with Crippen molar-refractivity contribution in [3.05, 3.63) is 75.7 Å². The molecule has 0 saturated carbocycles. The topological polar surface area (TPSA) is 84.3 Å². The van der Waals surface area contributed by atoms with E-state index in [4.69, 9.17) is 0 Å². The Morgan fingerprint density at radius 3 is 2.71 bits per heavy atom. The van der Waals surface area contributed by atoms with Crippen molar-refractivity contribution in [1.82, 2.24) is 19.8 Å². The number of likely N-dealkylation sites (tertiary alicyclic amines) is 1. The lowest BCUT2D eigenvalue weighted by Gasteiger charge is -2.15. The van der Waals surface area contributed by atoms with Crippen molar-refractivity contribution in [2.24, 2.45) is 0 Å². The summed E-state index contributed by atoms with van der Waals surface area (Å²) in [5, 5.41) is 3.57. The molecule has 1 saturated heterocycles. The molecule has 2 aromatic heterocycles. The summed E-state index contributed by atoms with van der Waals surface area (Å²) in [4.78, 5) is 43.9. The third-order valence-corrected chi connectivity index (χ3v) is 5.62. The van der Waals surface area contributed by atoms with E-state index in [1.165, 1.54) is 0 Å². The molecule has 1 N–H and O–H groups in total. The average molecular weight is 418 g/mol. The summed E-state index contributed by atoms with van der Waals surface area (Å²) >= 11 is 0. The number of rotatable bonds is 7. The van der Waals surface area contributed by atoms with Crippen LogP contribution in [-0.4, -0.2) is 45.9 Å². The van der Waals surface area contributed by atoms with Gasteiger partial charge in [0.25, 0.3) is 11.5 Å². The van der Waals surface area contributed by atoms with Crippen molar-refractivity contribution in [1.29, 1.82) is 0 Å². The van der Waals surface area contributed by atoms with Crippen molar-refractivity contribution < 1.29 is 9.59 Å². The van der Waals surface area contributed by atoms with Crippen molar-refractivity contribution in [2.75, 3.05) is 19.6 Å². The second-order valence-electron chi connectivity index (χ2n) is 7.94. The molecule has 0 unspecified atom stereocenters. The number of carbonyl (C=O) groups is 2. The van der Waals surface area contributed by atoms with Gasteiger partial charge in [0, 0.05) is 37.6 Å². The summed E-state index contributed by atoms with van der Waals surface area (Å²) in [6.45, 7) is 4.17. The lowest BCUT2D eigenvalue weighted by atomic mass is 10.1. The molecule has 2 amide bonds. The van der Waals surface area contributed by atoms with Gasteiger partial charge in [0.15, 0.2) is 0 Å². The molecule has 3 heterocycles. The molecular weight excluding hydrogens is 392 g/mol. The van der Waals surface area contributed by atoms with E-state index in [0.29, 0.717) is 38.1 Å². The molecule has 0 atom stereocenters. The lowest BCUT2D eigenvalue weighted by molar-refractivity contribution is -0.127. The maximum absolute atomic E-state index is 13.2. The van der Waals surface area contributed by atoms with Crippen LogP contribution in [-0.2, 0) is 11.3 Å². The molecule has 4 rings (SSSR count). The van der Waals surface area contributed by atoms with Crippen LogP contribution in [0.15, 0.2) is 53.5 Å². The number of benzene rings is 1. The first-order valence-electron chi connectivity index (χ1n) is 10.6. The molecule has 0 bridgehead atoms. The quantitative estimate of drug-likeness (QED) is 0.598. The predicted molar refractivity (Wildman–Crippen MR) is 119 cm³/mol. The summed E-state index contributed by atoms with van der Waals surface area (Å²) in [5.41, 5.74) is 2.40. The second kappa shape index (κ2) is 9.12. The third kappa shape index (κ3) is 4.66. The average Bonchev–Trinajstić information content (AvgIpc) is 3.19. The minimum Gasteiger partial charge on any atom is -0.352 e. The molecule has 7 nitrogen and oxygen atoms in total. The standard InChI is InChI=1S/C24H26N4O3/c1-17-7-9-18(10-8-17)16-28-22-19(5-2-11-25-22)15-20(24(28)31)23(30)26-12-4-14-27-13-3-6-21(27)29/h2,5,7-11,15H,3-4,6,12-14,16H2,1H3,(H,26,30).